The third kappa shape index (κ3) is 5.23. The lowest BCUT2D eigenvalue weighted by atomic mass is 9.87. The fraction of sp³-hybridized carbons (Fsp3) is 0.917. The number of carbonyl (C=O) groups is 1. The molecule has 0 aromatic heterocycles. The molecule has 1 atom stereocenters. The number of rotatable bonds is 5. The van der Waals surface area contributed by atoms with Gasteiger partial charge in [-0.2, -0.15) is 0 Å². The molecule has 0 saturated heterocycles. The molecule has 0 aromatic rings. The summed E-state index contributed by atoms with van der Waals surface area (Å²) in [7, 11) is 3.37. The van der Waals surface area contributed by atoms with E-state index in [-0.39, 0.29) is 30.5 Å². The number of esters is 1. The van der Waals surface area contributed by atoms with Crippen LogP contribution >= 0.6 is 12.4 Å². The Hall–Kier alpha value is -0.320. The average molecular weight is 266 g/mol. The van der Waals surface area contributed by atoms with Gasteiger partial charge in [0.2, 0.25) is 0 Å². The molecule has 0 bridgehead atoms. The minimum Gasteiger partial charge on any atom is -0.469 e. The highest BCUT2D eigenvalue weighted by Crippen LogP contribution is 2.27. The highest BCUT2D eigenvalue weighted by Gasteiger charge is 2.28. The molecule has 1 aliphatic rings. The van der Waals surface area contributed by atoms with Gasteiger partial charge in [-0.1, -0.05) is 6.92 Å². The van der Waals surface area contributed by atoms with E-state index >= 15 is 0 Å². The Kier molecular flexibility index (Phi) is 8.56. The van der Waals surface area contributed by atoms with Gasteiger partial charge in [0, 0.05) is 0 Å². The second kappa shape index (κ2) is 8.72. The van der Waals surface area contributed by atoms with Gasteiger partial charge >= 0.3 is 5.97 Å². The number of ether oxygens (including phenoxy) is 2. The van der Waals surface area contributed by atoms with Crippen molar-refractivity contribution in [2.24, 2.45) is 5.92 Å². The lowest BCUT2D eigenvalue weighted by Gasteiger charge is -2.29. The summed E-state index contributed by atoms with van der Waals surface area (Å²) < 4.78 is 10.6. The quantitative estimate of drug-likeness (QED) is 0.611. The Morgan fingerprint density at radius 3 is 2.35 bits per heavy atom. The van der Waals surface area contributed by atoms with Crippen molar-refractivity contribution in [3.8, 4) is 0 Å². The number of carbonyl (C=O) groups excluding carboxylic acids is 1. The molecule has 0 amide bonds. The molecule has 5 heteroatoms. The molecule has 0 heterocycles. The van der Waals surface area contributed by atoms with Gasteiger partial charge in [0.15, 0.2) is 0 Å². The van der Waals surface area contributed by atoms with Crippen molar-refractivity contribution < 1.29 is 14.3 Å². The van der Waals surface area contributed by atoms with Gasteiger partial charge in [-0.25, -0.2) is 0 Å². The van der Waals surface area contributed by atoms with Gasteiger partial charge in [-0.15, -0.1) is 12.4 Å². The number of hydrogen-bond donors (Lipinski definition) is 1. The Morgan fingerprint density at radius 1 is 1.35 bits per heavy atom. The van der Waals surface area contributed by atoms with Crippen LogP contribution < -0.4 is 5.32 Å². The van der Waals surface area contributed by atoms with Crippen LogP contribution in [0.25, 0.3) is 0 Å². The maximum Gasteiger partial charge on any atom is 0.308 e. The molecule has 0 aromatic carbocycles. The van der Waals surface area contributed by atoms with Gasteiger partial charge < -0.3 is 9.47 Å². The molecule has 17 heavy (non-hydrogen) atoms. The zero-order chi connectivity index (χ0) is 12.0. The van der Waals surface area contributed by atoms with Crippen LogP contribution in [0.15, 0.2) is 0 Å². The highest BCUT2D eigenvalue weighted by atomic mass is 35.5. The van der Waals surface area contributed by atoms with E-state index in [0.717, 1.165) is 32.1 Å². The normalized spacial score (nSPS) is 25.8. The average Bonchev–Trinajstić information content (AvgIpc) is 2.35. The summed E-state index contributed by atoms with van der Waals surface area (Å²) in [5, 5.41) is 3.13. The number of nitrogens with one attached hydrogen (secondary N) is 1. The topological polar surface area (TPSA) is 47.6 Å². The van der Waals surface area contributed by atoms with Crippen molar-refractivity contribution >= 4 is 18.4 Å². The Bertz CT molecular complexity index is 214. The Labute approximate surface area is 110 Å². The van der Waals surface area contributed by atoms with E-state index in [9.17, 15) is 4.79 Å². The predicted molar refractivity (Wildman–Crippen MR) is 69.2 cm³/mol. The standard InChI is InChI=1S/C12H23NO3.ClH/c1-4-11(13-2)16-10-7-5-9(6-8-10)12(14)15-3;/h9-11,13H,4-8H2,1-3H3;1H. The molecule has 4 nitrogen and oxygen atoms in total. The van der Waals surface area contributed by atoms with E-state index in [4.69, 9.17) is 9.47 Å². The van der Waals surface area contributed by atoms with Gasteiger partial charge in [0.05, 0.1) is 19.1 Å². The first-order valence-electron chi connectivity index (χ1n) is 6.11. The van der Waals surface area contributed by atoms with E-state index in [1.54, 1.807) is 0 Å². The molecule has 1 aliphatic carbocycles. The summed E-state index contributed by atoms with van der Waals surface area (Å²) in [6, 6.07) is 0. The van der Waals surface area contributed by atoms with Gasteiger partial charge in [0.25, 0.3) is 0 Å². The zero-order valence-electron chi connectivity index (χ0n) is 10.9. The van der Waals surface area contributed by atoms with Crippen molar-refractivity contribution in [2.45, 2.75) is 51.4 Å². The van der Waals surface area contributed by atoms with E-state index < -0.39 is 0 Å². The summed E-state index contributed by atoms with van der Waals surface area (Å²) in [4.78, 5) is 11.3. The summed E-state index contributed by atoms with van der Waals surface area (Å²) in [5.41, 5.74) is 0. The van der Waals surface area contributed by atoms with Crippen molar-refractivity contribution in [3.05, 3.63) is 0 Å². The fourth-order valence-corrected chi connectivity index (χ4v) is 2.20. The zero-order valence-corrected chi connectivity index (χ0v) is 11.7. The van der Waals surface area contributed by atoms with Gasteiger partial charge in [0.1, 0.15) is 6.23 Å². The maximum atomic E-state index is 11.3. The lowest BCUT2D eigenvalue weighted by Crippen LogP contribution is -2.35. The molecular weight excluding hydrogens is 242 g/mol. The third-order valence-corrected chi connectivity index (χ3v) is 3.26. The van der Waals surface area contributed by atoms with E-state index in [1.165, 1.54) is 7.11 Å². The third-order valence-electron chi connectivity index (χ3n) is 3.26. The minimum absolute atomic E-state index is 0. The maximum absolute atomic E-state index is 11.3. The summed E-state index contributed by atoms with van der Waals surface area (Å²) in [5.74, 6) is 0.0126. The molecule has 0 aliphatic heterocycles. The van der Waals surface area contributed by atoms with Crippen LogP contribution in [0, 0.1) is 5.92 Å². The van der Waals surface area contributed by atoms with Crippen molar-refractivity contribution in [1.82, 2.24) is 5.32 Å². The number of hydrogen-bond acceptors (Lipinski definition) is 4. The van der Waals surface area contributed by atoms with Crippen molar-refractivity contribution in [2.75, 3.05) is 14.2 Å². The summed E-state index contributed by atoms with van der Waals surface area (Å²) in [6.07, 6.45) is 5.08. The van der Waals surface area contributed by atoms with E-state index in [2.05, 4.69) is 12.2 Å². The van der Waals surface area contributed by atoms with Crippen LogP contribution in [0.4, 0.5) is 0 Å². The van der Waals surface area contributed by atoms with E-state index in [0.29, 0.717) is 6.10 Å². The van der Waals surface area contributed by atoms with Crippen LogP contribution in [-0.2, 0) is 14.3 Å². The van der Waals surface area contributed by atoms with Crippen LogP contribution in [0.5, 0.6) is 0 Å². The molecule has 102 valence electrons. The van der Waals surface area contributed by atoms with E-state index in [1.807, 2.05) is 7.05 Å². The monoisotopic (exact) mass is 265 g/mol. The first-order valence-corrected chi connectivity index (χ1v) is 6.11. The minimum atomic E-state index is -0.0703. The summed E-state index contributed by atoms with van der Waals surface area (Å²) in [6.45, 7) is 2.10. The molecule has 0 radical (unpaired) electrons. The lowest BCUT2D eigenvalue weighted by molar-refractivity contribution is -0.148. The first kappa shape index (κ1) is 16.7. The molecule has 1 fully saturated rings. The molecule has 1 rings (SSSR count). The van der Waals surface area contributed by atoms with Crippen LogP contribution in [-0.4, -0.2) is 32.5 Å². The second-order valence-corrected chi connectivity index (χ2v) is 4.32. The highest BCUT2D eigenvalue weighted by molar-refractivity contribution is 5.85. The smallest absolute Gasteiger partial charge is 0.308 e. The fourth-order valence-electron chi connectivity index (χ4n) is 2.20. The molecule has 0 spiro atoms. The predicted octanol–water partition coefficient (Wildman–Crippen LogP) is 2.11. The Balaban J connectivity index is 0.00000256. The van der Waals surface area contributed by atoms with Crippen LogP contribution in [0.2, 0.25) is 0 Å². The van der Waals surface area contributed by atoms with Crippen molar-refractivity contribution in [1.29, 1.82) is 0 Å². The van der Waals surface area contributed by atoms with Gasteiger partial charge in [-0.05, 0) is 39.2 Å². The Morgan fingerprint density at radius 2 is 1.94 bits per heavy atom. The number of halogens is 1. The second-order valence-electron chi connectivity index (χ2n) is 4.32. The SMILES string of the molecule is CCC(NC)OC1CCC(C(=O)OC)CC1.Cl. The number of methoxy groups -OCH3 is 1. The molecule has 1 unspecified atom stereocenters. The first-order chi connectivity index (χ1) is 7.71. The summed E-state index contributed by atoms with van der Waals surface area (Å²) >= 11 is 0. The molecule has 1 saturated carbocycles. The largest absolute Gasteiger partial charge is 0.469 e. The van der Waals surface area contributed by atoms with Gasteiger partial charge in [-0.3, -0.25) is 10.1 Å². The van der Waals surface area contributed by atoms with Crippen LogP contribution in [0.3, 0.4) is 0 Å². The van der Waals surface area contributed by atoms with Crippen LogP contribution in [0.1, 0.15) is 39.0 Å². The molecule has 1 N–H and O–H groups in total. The molecular formula is C12H24ClNO3. The van der Waals surface area contributed by atoms with Crippen molar-refractivity contribution in [3.63, 3.8) is 0 Å².